The fraction of sp³-hybridized carbons (Fsp3) is 0.474. The smallest absolute Gasteiger partial charge is 0.240 e. The van der Waals surface area contributed by atoms with Crippen molar-refractivity contribution in [1.82, 2.24) is 9.88 Å². The minimum absolute atomic E-state index is 0.0123. The Morgan fingerprint density at radius 2 is 2.23 bits per heavy atom. The number of nitrogens with one attached hydrogen (secondary N) is 1. The molecular formula is C19H25N3O3S. The number of benzene rings is 1. The van der Waals surface area contributed by atoms with Gasteiger partial charge in [-0.15, -0.1) is 11.3 Å². The maximum Gasteiger partial charge on any atom is 0.240 e. The van der Waals surface area contributed by atoms with E-state index in [4.69, 9.17) is 9.47 Å². The van der Waals surface area contributed by atoms with Crippen LogP contribution in [-0.2, 0) is 4.79 Å². The van der Waals surface area contributed by atoms with Crippen LogP contribution < -0.4 is 14.8 Å². The SMILES string of the molecule is COc1ccc(-c2csc(NC(=O)CN3CCCC(C)C3)n2)c(OC)c1. The minimum atomic E-state index is -0.0123. The Labute approximate surface area is 158 Å². The van der Waals surface area contributed by atoms with Crippen molar-refractivity contribution in [2.75, 3.05) is 39.2 Å². The first kappa shape index (κ1) is 18.7. The van der Waals surface area contributed by atoms with Crippen molar-refractivity contribution in [3.63, 3.8) is 0 Å². The zero-order chi connectivity index (χ0) is 18.5. The normalized spacial score (nSPS) is 17.7. The predicted molar refractivity (Wildman–Crippen MR) is 104 cm³/mol. The average molecular weight is 375 g/mol. The first-order valence-electron chi connectivity index (χ1n) is 8.79. The van der Waals surface area contributed by atoms with Gasteiger partial charge in [-0.2, -0.15) is 0 Å². The molecule has 1 aromatic heterocycles. The third-order valence-electron chi connectivity index (χ3n) is 4.54. The van der Waals surface area contributed by atoms with Crippen molar-refractivity contribution < 1.29 is 14.3 Å². The average Bonchev–Trinajstić information content (AvgIpc) is 3.09. The van der Waals surface area contributed by atoms with Gasteiger partial charge >= 0.3 is 0 Å². The summed E-state index contributed by atoms with van der Waals surface area (Å²) >= 11 is 1.42. The summed E-state index contributed by atoms with van der Waals surface area (Å²) in [5, 5.41) is 5.44. The zero-order valence-corrected chi connectivity index (χ0v) is 16.3. The number of aromatic nitrogens is 1. The lowest BCUT2D eigenvalue weighted by molar-refractivity contribution is -0.117. The van der Waals surface area contributed by atoms with Crippen LogP contribution in [0.25, 0.3) is 11.3 Å². The van der Waals surface area contributed by atoms with Crippen molar-refractivity contribution in [1.29, 1.82) is 0 Å². The number of likely N-dealkylation sites (tertiary alicyclic amines) is 1. The van der Waals surface area contributed by atoms with E-state index in [2.05, 4.69) is 22.1 Å². The molecule has 0 bridgehead atoms. The molecule has 1 aliphatic heterocycles. The largest absolute Gasteiger partial charge is 0.497 e. The van der Waals surface area contributed by atoms with Crippen molar-refractivity contribution in [3.8, 4) is 22.8 Å². The zero-order valence-electron chi connectivity index (χ0n) is 15.4. The molecule has 1 amide bonds. The van der Waals surface area contributed by atoms with Crippen LogP contribution in [0.2, 0.25) is 0 Å². The molecule has 2 heterocycles. The predicted octanol–water partition coefficient (Wildman–Crippen LogP) is 3.50. The van der Waals surface area contributed by atoms with Crippen LogP contribution in [-0.4, -0.2) is 49.6 Å². The number of thiazole rings is 1. The highest BCUT2D eigenvalue weighted by Gasteiger charge is 2.19. The summed E-state index contributed by atoms with van der Waals surface area (Å²) in [6, 6.07) is 5.60. The number of hydrogen-bond acceptors (Lipinski definition) is 6. The summed E-state index contributed by atoms with van der Waals surface area (Å²) in [4.78, 5) is 19.1. The molecule has 1 unspecified atom stereocenters. The Bertz CT molecular complexity index is 762. The van der Waals surface area contributed by atoms with Crippen LogP contribution in [0.1, 0.15) is 19.8 Å². The Morgan fingerprint density at radius 1 is 1.38 bits per heavy atom. The van der Waals surface area contributed by atoms with E-state index in [0.29, 0.717) is 23.3 Å². The topological polar surface area (TPSA) is 63.7 Å². The Balaban J connectivity index is 1.65. The summed E-state index contributed by atoms with van der Waals surface area (Å²) in [6.45, 7) is 4.63. The van der Waals surface area contributed by atoms with Crippen LogP contribution in [0.3, 0.4) is 0 Å². The second kappa shape index (κ2) is 8.51. The molecule has 0 radical (unpaired) electrons. The molecule has 7 heteroatoms. The number of piperidine rings is 1. The van der Waals surface area contributed by atoms with Gasteiger partial charge in [0.1, 0.15) is 11.5 Å². The first-order chi connectivity index (χ1) is 12.6. The van der Waals surface area contributed by atoms with E-state index in [1.165, 1.54) is 17.8 Å². The first-order valence-corrected chi connectivity index (χ1v) is 9.67. The Kier molecular flexibility index (Phi) is 6.11. The maximum atomic E-state index is 12.3. The molecule has 1 aromatic carbocycles. The molecule has 0 aliphatic carbocycles. The molecule has 0 spiro atoms. The van der Waals surface area contributed by atoms with Gasteiger partial charge in [0.2, 0.25) is 5.91 Å². The van der Waals surface area contributed by atoms with Gasteiger partial charge < -0.3 is 14.8 Å². The number of rotatable bonds is 6. The standard InChI is InChI=1S/C19H25N3O3S/c1-13-5-4-8-22(10-13)11-18(23)21-19-20-16(12-26-19)15-7-6-14(24-2)9-17(15)25-3/h6-7,9,12-13H,4-5,8,10-11H2,1-3H3,(H,20,21,23). The van der Waals surface area contributed by atoms with Gasteiger partial charge in [-0.25, -0.2) is 4.98 Å². The number of nitrogens with zero attached hydrogens (tertiary/aromatic N) is 2. The lowest BCUT2D eigenvalue weighted by atomic mass is 10.0. The van der Waals surface area contributed by atoms with Crippen LogP contribution in [0.4, 0.5) is 5.13 Å². The quantitative estimate of drug-likeness (QED) is 0.837. The van der Waals surface area contributed by atoms with Crippen molar-refractivity contribution >= 4 is 22.4 Å². The van der Waals surface area contributed by atoms with Gasteiger partial charge in [0, 0.05) is 23.6 Å². The van der Waals surface area contributed by atoms with E-state index in [-0.39, 0.29) is 5.91 Å². The highest BCUT2D eigenvalue weighted by atomic mass is 32.1. The number of amides is 1. The second-order valence-electron chi connectivity index (χ2n) is 6.63. The fourth-order valence-corrected chi connectivity index (χ4v) is 3.98. The van der Waals surface area contributed by atoms with Crippen LogP contribution in [0.15, 0.2) is 23.6 Å². The molecule has 140 valence electrons. The van der Waals surface area contributed by atoms with Gasteiger partial charge in [-0.3, -0.25) is 9.69 Å². The highest BCUT2D eigenvalue weighted by Crippen LogP contribution is 2.34. The summed E-state index contributed by atoms with van der Waals surface area (Å²) in [7, 11) is 3.24. The van der Waals surface area contributed by atoms with E-state index in [1.54, 1.807) is 14.2 Å². The van der Waals surface area contributed by atoms with Crippen LogP contribution in [0.5, 0.6) is 11.5 Å². The molecule has 6 nitrogen and oxygen atoms in total. The molecule has 2 aromatic rings. The molecule has 26 heavy (non-hydrogen) atoms. The number of anilines is 1. The monoisotopic (exact) mass is 375 g/mol. The van der Waals surface area contributed by atoms with Crippen molar-refractivity contribution in [3.05, 3.63) is 23.6 Å². The molecule has 1 N–H and O–H groups in total. The summed E-state index contributed by atoms with van der Waals surface area (Å²) in [5.41, 5.74) is 1.64. The number of methoxy groups -OCH3 is 2. The van der Waals surface area contributed by atoms with Gasteiger partial charge in [-0.05, 0) is 37.4 Å². The molecule has 1 aliphatic rings. The van der Waals surface area contributed by atoms with E-state index in [9.17, 15) is 4.79 Å². The van der Waals surface area contributed by atoms with E-state index in [0.717, 1.165) is 36.5 Å². The maximum absolute atomic E-state index is 12.3. The van der Waals surface area contributed by atoms with Crippen LogP contribution in [0, 0.1) is 5.92 Å². The summed E-state index contributed by atoms with van der Waals surface area (Å²) < 4.78 is 10.7. The highest BCUT2D eigenvalue weighted by molar-refractivity contribution is 7.14. The van der Waals surface area contributed by atoms with Gasteiger partial charge in [-0.1, -0.05) is 6.92 Å². The third-order valence-corrected chi connectivity index (χ3v) is 5.30. The molecule has 1 fully saturated rings. The molecule has 1 saturated heterocycles. The van der Waals surface area contributed by atoms with Crippen molar-refractivity contribution in [2.24, 2.45) is 5.92 Å². The number of ether oxygens (including phenoxy) is 2. The molecule has 0 saturated carbocycles. The van der Waals surface area contributed by atoms with Crippen molar-refractivity contribution in [2.45, 2.75) is 19.8 Å². The Morgan fingerprint density at radius 3 is 2.96 bits per heavy atom. The van der Waals surface area contributed by atoms with Gasteiger partial charge in [0.25, 0.3) is 0 Å². The molecule has 1 atom stereocenters. The summed E-state index contributed by atoms with van der Waals surface area (Å²) in [6.07, 6.45) is 2.41. The minimum Gasteiger partial charge on any atom is -0.497 e. The lowest BCUT2D eigenvalue weighted by Gasteiger charge is -2.29. The molecular weight excluding hydrogens is 350 g/mol. The van der Waals surface area contributed by atoms with E-state index in [1.807, 2.05) is 23.6 Å². The Hall–Kier alpha value is -2.12. The van der Waals surface area contributed by atoms with Crippen LogP contribution >= 0.6 is 11.3 Å². The number of carbonyl (C=O) groups is 1. The second-order valence-corrected chi connectivity index (χ2v) is 7.49. The van der Waals surface area contributed by atoms with Gasteiger partial charge in [0.05, 0.1) is 26.5 Å². The third kappa shape index (κ3) is 4.53. The lowest BCUT2D eigenvalue weighted by Crippen LogP contribution is -2.39. The molecule has 3 rings (SSSR count). The number of carbonyl (C=O) groups excluding carboxylic acids is 1. The fourth-order valence-electron chi connectivity index (χ4n) is 3.26. The van der Waals surface area contributed by atoms with E-state index >= 15 is 0 Å². The number of hydrogen-bond donors (Lipinski definition) is 1. The van der Waals surface area contributed by atoms with E-state index < -0.39 is 0 Å². The van der Waals surface area contributed by atoms with Gasteiger partial charge in [0.15, 0.2) is 5.13 Å². The summed E-state index contributed by atoms with van der Waals surface area (Å²) in [5.74, 6) is 2.06.